The number of benzene rings is 1. The first-order valence-corrected chi connectivity index (χ1v) is 5.87. The summed E-state index contributed by atoms with van der Waals surface area (Å²) in [4.78, 5) is 17.0. The normalized spacial score (nSPS) is 10.2. The topological polar surface area (TPSA) is 85.2 Å². The Morgan fingerprint density at radius 1 is 1.26 bits per heavy atom. The molecule has 0 unspecified atom stereocenters. The van der Waals surface area contributed by atoms with Crippen LogP contribution in [0.2, 0.25) is 0 Å². The van der Waals surface area contributed by atoms with Gasteiger partial charge in [-0.25, -0.2) is 0 Å². The molecule has 0 aliphatic carbocycles. The molecule has 19 heavy (non-hydrogen) atoms. The Bertz CT molecular complexity index is 580. The van der Waals surface area contributed by atoms with Gasteiger partial charge in [0.05, 0.1) is 17.6 Å². The van der Waals surface area contributed by atoms with Crippen LogP contribution in [0.1, 0.15) is 15.9 Å². The van der Waals surface area contributed by atoms with Gasteiger partial charge in [0.2, 0.25) is 5.91 Å². The van der Waals surface area contributed by atoms with Gasteiger partial charge in [-0.1, -0.05) is 12.1 Å². The zero-order valence-corrected chi connectivity index (χ0v) is 10.7. The van der Waals surface area contributed by atoms with Crippen molar-refractivity contribution in [2.45, 2.75) is 6.54 Å². The molecule has 0 aliphatic heterocycles. The number of amides is 1. The highest BCUT2D eigenvalue weighted by Crippen LogP contribution is 2.21. The van der Waals surface area contributed by atoms with E-state index in [0.717, 1.165) is 11.3 Å². The Morgan fingerprint density at radius 2 is 1.95 bits per heavy atom. The molecule has 5 nitrogen and oxygen atoms in total. The molecule has 5 heteroatoms. The fourth-order valence-electron chi connectivity index (χ4n) is 1.88. The van der Waals surface area contributed by atoms with Crippen molar-refractivity contribution in [3.63, 3.8) is 0 Å². The highest BCUT2D eigenvalue weighted by atomic mass is 16.1. The first-order chi connectivity index (χ1) is 9.08. The molecule has 0 bridgehead atoms. The molecule has 0 saturated heterocycles. The van der Waals surface area contributed by atoms with E-state index in [1.54, 1.807) is 24.5 Å². The van der Waals surface area contributed by atoms with E-state index in [1.165, 1.54) is 0 Å². The van der Waals surface area contributed by atoms with E-state index in [4.69, 9.17) is 11.5 Å². The average molecular weight is 256 g/mol. The van der Waals surface area contributed by atoms with Gasteiger partial charge in [-0.15, -0.1) is 0 Å². The van der Waals surface area contributed by atoms with Gasteiger partial charge in [0.25, 0.3) is 0 Å². The summed E-state index contributed by atoms with van der Waals surface area (Å²) < 4.78 is 0. The SMILES string of the molecule is CN(Cc1ccc(C(N)=O)cc1)c1ccncc1N. The minimum absolute atomic E-state index is 0.418. The van der Waals surface area contributed by atoms with E-state index in [0.29, 0.717) is 17.8 Å². The molecule has 0 spiro atoms. The van der Waals surface area contributed by atoms with E-state index in [2.05, 4.69) is 4.98 Å². The van der Waals surface area contributed by atoms with Crippen LogP contribution in [0.3, 0.4) is 0 Å². The third-order valence-corrected chi connectivity index (χ3v) is 2.90. The second-order valence-corrected chi connectivity index (χ2v) is 4.35. The molecule has 2 rings (SSSR count). The van der Waals surface area contributed by atoms with E-state index in [9.17, 15) is 4.79 Å². The first-order valence-electron chi connectivity index (χ1n) is 5.87. The molecule has 0 saturated carbocycles. The number of nitrogens with zero attached hydrogens (tertiary/aromatic N) is 2. The highest BCUT2D eigenvalue weighted by Gasteiger charge is 2.06. The Morgan fingerprint density at radius 3 is 2.53 bits per heavy atom. The number of carbonyl (C=O) groups excluding carboxylic acids is 1. The fraction of sp³-hybridized carbons (Fsp3) is 0.143. The van der Waals surface area contributed by atoms with Crippen LogP contribution in [0.15, 0.2) is 42.7 Å². The molecule has 4 N–H and O–H groups in total. The molecule has 0 atom stereocenters. The number of rotatable bonds is 4. The third kappa shape index (κ3) is 3.01. The predicted molar refractivity (Wildman–Crippen MR) is 75.7 cm³/mol. The molecule has 1 aromatic heterocycles. The van der Waals surface area contributed by atoms with Crippen LogP contribution in [0.4, 0.5) is 11.4 Å². The van der Waals surface area contributed by atoms with Crippen molar-refractivity contribution in [1.29, 1.82) is 0 Å². The standard InChI is InChI=1S/C14H16N4O/c1-18(13-6-7-17-8-12(13)15)9-10-2-4-11(5-3-10)14(16)19/h2-8H,9,15H2,1H3,(H2,16,19). The molecule has 1 heterocycles. The van der Waals surface area contributed by atoms with Gasteiger partial charge in [-0.3, -0.25) is 9.78 Å². The van der Waals surface area contributed by atoms with Gasteiger partial charge in [0.1, 0.15) is 0 Å². The minimum Gasteiger partial charge on any atom is -0.396 e. The van der Waals surface area contributed by atoms with E-state index >= 15 is 0 Å². The maximum absolute atomic E-state index is 11.0. The van der Waals surface area contributed by atoms with Gasteiger partial charge in [-0.05, 0) is 23.8 Å². The highest BCUT2D eigenvalue weighted by molar-refractivity contribution is 5.92. The lowest BCUT2D eigenvalue weighted by Crippen LogP contribution is -2.18. The number of primary amides is 1. The van der Waals surface area contributed by atoms with Crippen LogP contribution in [-0.2, 0) is 6.54 Å². The zero-order valence-electron chi connectivity index (χ0n) is 10.7. The molecule has 1 amide bonds. The maximum atomic E-state index is 11.0. The predicted octanol–water partition coefficient (Wildman–Crippen LogP) is 1.40. The number of nitrogen functional groups attached to an aromatic ring is 1. The van der Waals surface area contributed by atoms with Crippen molar-refractivity contribution in [2.24, 2.45) is 5.73 Å². The molecule has 0 radical (unpaired) electrons. The molecular weight excluding hydrogens is 240 g/mol. The summed E-state index contributed by atoms with van der Waals surface area (Å²) in [5.41, 5.74) is 14.2. The Labute approximate surface area is 111 Å². The summed E-state index contributed by atoms with van der Waals surface area (Å²) in [6.45, 7) is 0.688. The molecule has 2 aromatic rings. The maximum Gasteiger partial charge on any atom is 0.248 e. The van der Waals surface area contributed by atoms with Crippen molar-refractivity contribution in [2.75, 3.05) is 17.7 Å². The van der Waals surface area contributed by atoms with E-state index in [1.807, 2.05) is 30.1 Å². The van der Waals surface area contributed by atoms with Crippen molar-refractivity contribution < 1.29 is 4.79 Å². The van der Waals surface area contributed by atoms with Crippen LogP contribution in [0.5, 0.6) is 0 Å². The quantitative estimate of drug-likeness (QED) is 0.865. The van der Waals surface area contributed by atoms with Gasteiger partial charge in [0.15, 0.2) is 0 Å². The summed E-state index contributed by atoms with van der Waals surface area (Å²) >= 11 is 0. The average Bonchev–Trinajstić information content (AvgIpc) is 2.39. The monoisotopic (exact) mass is 256 g/mol. The van der Waals surface area contributed by atoms with Crippen molar-refractivity contribution in [3.05, 3.63) is 53.9 Å². The van der Waals surface area contributed by atoms with Crippen molar-refractivity contribution >= 4 is 17.3 Å². The Balaban J connectivity index is 2.13. The number of nitrogens with two attached hydrogens (primary N) is 2. The third-order valence-electron chi connectivity index (χ3n) is 2.90. The zero-order chi connectivity index (χ0) is 13.8. The minimum atomic E-state index is -0.418. The van der Waals surface area contributed by atoms with Crippen LogP contribution >= 0.6 is 0 Å². The number of aromatic nitrogens is 1. The number of hydrogen-bond donors (Lipinski definition) is 2. The number of pyridine rings is 1. The molecule has 98 valence electrons. The summed E-state index contributed by atoms with van der Waals surface area (Å²) in [5.74, 6) is -0.418. The fourth-order valence-corrected chi connectivity index (χ4v) is 1.88. The summed E-state index contributed by atoms with van der Waals surface area (Å²) in [7, 11) is 1.95. The lowest BCUT2D eigenvalue weighted by atomic mass is 10.1. The largest absolute Gasteiger partial charge is 0.396 e. The van der Waals surface area contributed by atoms with Crippen molar-refractivity contribution in [3.8, 4) is 0 Å². The van der Waals surface area contributed by atoms with Crippen LogP contribution < -0.4 is 16.4 Å². The molecule has 1 aromatic carbocycles. The smallest absolute Gasteiger partial charge is 0.248 e. The van der Waals surface area contributed by atoms with Gasteiger partial charge in [0, 0.05) is 25.4 Å². The van der Waals surface area contributed by atoms with Crippen molar-refractivity contribution in [1.82, 2.24) is 4.98 Å². The Hall–Kier alpha value is -2.56. The number of carbonyl (C=O) groups is 1. The second kappa shape index (κ2) is 5.39. The first kappa shape index (κ1) is 12.9. The second-order valence-electron chi connectivity index (χ2n) is 4.35. The lowest BCUT2D eigenvalue weighted by Gasteiger charge is -2.20. The number of hydrogen-bond acceptors (Lipinski definition) is 4. The summed E-state index contributed by atoms with van der Waals surface area (Å²) in [6.07, 6.45) is 3.33. The number of anilines is 2. The van der Waals surface area contributed by atoms with E-state index in [-0.39, 0.29) is 0 Å². The Kier molecular flexibility index (Phi) is 3.66. The molecular formula is C14H16N4O. The molecule has 0 fully saturated rings. The summed E-state index contributed by atoms with van der Waals surface area (Å²) in [5, 5.41) is 0. The van der Waals surface area contributed by atoms with Crippen LogP contribution in [0, 0.1) is 0 Å². The summed E-state index contributed by atoms with van der Waals surface area (Å²) in [6, 6.07) is 9.08. The van der Waals surface area contributed by atoms with Gasteiger partial charge in [-0.2, -0.15) is 0 Å². The van der Waals surface area contributed by atoms with Gasteiger partial charge < -0.3 is 16.4 Å². The van der Waals surface area contributed by atoms with E-state index < -0.39 is 5.91 Å². The van der Waals surface area contributed by atoms with Crippen LogP contribution in [0.25, 0.3) is 0 Å². The lowest BCUT2D eigenvalue weighted by molar-refractivity contribution is 0.100. The molecule has 0 aliphatic rings. The van der Waals surface area contributed by atoms with Crippen LogP contribution in [-0.4, -0.2) is 17.9 Å². The van der Waals surface area contributed by atoms with Gasteiger partial charge >= 0.3 is 0 Å².